The lowest BCUT2D eigenvalue weighted by Gasteiger charge is -2.18. The van der Waals surface area contributed by atoms with Crippen LogP contribution in [-0.2, 0) is 24.9 Å². The molecule has 0 spiro atoms. The molecule has 0 amide bonds. The summed E-state index contributed by atoms with van der Waals surface area (Å²) < 4.78 is 17.6. The zero-order valence-corrected chi connectivity index (χ0v) is 16.7. The largest absolute Gasteiger partial charge is 0.290 e. The van der Waals surface area contributed by atoms with E-state index in [1.54, 1.807) is 12.1 Å². The topological polar surface area (TPSA) is 25.9 Å². The van der Waals surface area contributed by atoms with Crippen LogP contribution in [-0.4, -0.2) is 10.4 Å². The van der Waals surface area contributed by atoms with Gasteiger partial charge in [-0.3, -0.25) is 4.79 Å². The molecule has 0 fully saturated rings. The first-order valence-corrected chi connectivity index (χ1v) is 9.84. The van der Waals surface area contributed by atoms with Crippen molar-refractivity contribution in [2.45, 2.75) is 52.1 Å². The molecule has 2 heterocycles. The van der Waals surface area contributed by atoms with Gasteiger partial charge in [-0.2, -0.15) is 0 Å². The molecule has 144 valence electrons. The van der Waals surface area contributed by atoms with Crippen LogP contribution in [0.2, 0.25) is 0 Å². The Morgan fingerprint density at radius 1 is 1.07 bits per heavy atom. The Hall–Kier alpha value is -2.75. The van der Waals surface area contributed by atoms with Gasteiger partial charge in [0.1, 0.15) is 12.0 Å². The van der Waals surface area contributed by atoms with Crippen LogP contribution in [0, 0.1) is 5.82 Å². The summed E-state index contributed by atoms with van der Waals surface area (Å²) in [7, 11) is 0. The van der Waals surface area contributed by atoms with Crippen molar-refractivity contribution >= 4 is 5.78 Å². The number of nitrogens with zero attached hydrogens (tertiary/aromatic N) is 2. The number of benzene rings is 2. The third kappa shape index (κ3) is 3.51. The van der Waals surface area contributed by atoms with E-state index in [4.69, 9.17) is 0 Å². The molecule has 0 bridgehead atoms. The number of aromatic nitrogens is 2. The van der Waals surface area contributed by atoms with Crippen molar-refractivity contribution in [1.82, 2.24) is 4.57 Å². The van der Waals surface area contributed by atoms with Crippen molar-refractivity contribution in [3.8, 4) is 11.3 Å². The van der Waals surface area contributed by atoms with E-state index in [0.717, 1.165) is 36.2 Å². The number of carbonyl (C=O) groups is 1. The molecule has 0 saturated carbocycles. The number of fused-ring (bicyclic) bond motifs is 1. The van der Waals surface area contributed by atoms with Gasteiger partial charge in [-0.15, -0.1) is 0 Å². The SMILES string of the molecule is CC(C)(C)c1ccc(C(=O)C[n+]2cc(-c3ccc(F)cc3)n3c2CCC3)cc1. The van der Waals surface area contributed by atoms with E-state index in [0.29, 0.717) is 6.54 Å². The maximum absolute atomic E-state index is 13.3. The minimum absolute atomic E-state index is 0.0729. The molecule has 1 aromatic heterocycles. The van der Waals surface area contributed by atoms with Gasteiger partial charge in [0, 0.05) is 11.1 Å². The first kappa shape index (κ1) is 18.6. The fraction of sp³-hybridized carbons (Fsp3) is 0.333. The number of halogens is 1. The number of imidazole rings is 1. The van der Waals surface area contributed by atoms with E-state index < -0.39 is 0 Å². The van der Waals surface area contributed by atoms with Crippen LogP contribution < -0.4 is 4.57 Å². The number of hydrogen-bond acceptors (Lipinski definition) is 1. The maximum Gasteiger partial charge on any atom is 0.257 e. The molecule has 0 saturated heterocycles. The van der Waals surface area contributed by atoms with Gasteiger partial charge in [0.05, 0.1) is 13.0 Å². The van der Waals surface area contributed by atoms with Crippen molar-refractivity contribution < 1.29 is 13.8 Å². The summed E-state index contributed by atoms with van der Waals surface area (Å²) in [4.78, 5) is 12.9. The summed E-state index contributed by atoms with van der Waals surface area (Å²) >= 11 is 0. The Morgan fingerprint density at radius 2 is 1.75 bits per heavy atom. The van der Waals surface area contributed by atoms with Gasteiger partial charge in [-0.25, -0.2) is 13.5 Å². The summed E-state index contributed by atoms with van der Waals surface area (Å²) in [5.41, 5.74) is 4.05. The number of carbonyl (C=O) groups excluding carboxylic acids is 1. The second-order valence-corrected chi connectivity index (χ2v) is 8.57. The third-order valence-electron chi connectivity index (χ3n) is 5.52. The Bertz CT molecular complexity index is 1010. The van der Waals surface area contributed by atoms with E-state index in [2.05, 4.69) is 29.9 Å². The predicted molar refractivity (Wildman–Crippen MR) is 108 cm³/mol. The van der Waals surface area contributed by atoms with Crippen LogP contribution in [0.1, 0.15) is 48.9 Å². The lowest BCUT2D eigenvalue weighted by atomic mass is 9.86. The minimum Gasteiger partial charge on any atom is -0.290 e. The minimum atomic E-state index is -0.237. The molecule has 1 aliphatic rings. The Kier molecular flexibility index (Phi) is 4.66. The molecule has 28 heavy (non-hydrogen) atoms. The average Bonchev–Trinajstić information content (AvgIpc) is 3.26. The van der Waals surface area contributed by atoms with Crippen molar-refractivity contribution in [2.24, 2.45) is 0 Å². The number of rotatable bonds is 4. The van der Waals surface area contributed by atoms with Crippen LogP contribution in [0.5, 0.6) is 0 Å². The predicted octanol–water partition coefficient (Wildman–Crippen LogP) is 4.71. The van der Waals surface area contributed by atoms with Gasteiger partial charge < -0.3 is 0 Å². The normalized spacial score (nSPS) is 13.6. The molecule has 0 aliphatic carbocycles. The summed E-state index contributed by atoms with van der Waals surface area (Å²) in [5, 5.41) is 0. The number of ketones is 1. The van der Waals surface area contributed by atoms with E-state index in [9.17, 15) is 9.18 Å². The molecule has 4 rings (SSSR count). The summed E-state index contributed by atoms with van der Waals surface area (Å²) in [6.45, 7) is 7.76. The molecule has 0 atom stereocenters. The zero-order valence-electron chi connectivity index (χ0n) is 16.7. The van der Waals surface area contributed by atoms with Crippen molar-refractivity contribution in [3.05, 3.63) is 77.5 Å². The molecular weight excluding hydrogens is 351 g/mol. The van der Waals surface area contributed by atoms with Gasteiger partial charge in [0.2, 0.25) is 5.78 Å². The quantitative estimate of drug-likeness (QED) is 0.478. The van der Waals surface area contributed by atoms with E-state index in [1.807, 2.05) is 30.5 Å². The van der Waals surface area contributed by atoms with Gasteiger partial charge in [-0.05, 0) is 41.7 Å². The van der Waals surface area contributed by atoms with Crippen LogP contribution >= 0.6 is 0 Å². The standard InChI is InChI=1S/C24H26FN2O/c1-24(2,3)19-10-6-18(7-11-19)22(28)16-26-15-21(27-14-4-5-23(26)27)17-8-12-20(25)13-9-17/h6-13,15H,4-5,14,16H2,1-3H3/q+1. The zero-order chi connectivity index (χ0) is 19.9. The van der Waals surface area contributed by atoms with E-state index in [-0.39, 0.29) is 17.0 Å². The molecule has 0 unspecified atom stereocenters. The van der Waals surface area contributed by atoms with Gasteiger partial charge >= 0.3 is 0 Å². The van der Waals surface area contributed by atoms with Crippen molar-refractivity contribution in [3.63, 3.8) is 0 Å². The monoisotopic (exact) mass is 377 g/mol. The van der Waals surface area contributed by atoms with E-state index >= 15 is 0 Å². The van der Waals surface area contributed by atoms with Gasteiger partial charge in [-0.1, -0.05) is 45.0 Å². The molecular formula is C24H26FN2O+. The van der Waals surface area contributed by atoms with Crippen LogP contribution in [0.4, 0.5) is 4.39 Å². The smallest absolute Gasteiger partial charge is 0.257 e. The molecule has 2 aromatic carbocycles. The molecule has 4 heteroatoms. The highest BCUT2D eigenvalue weighted by molar-refractivity contribution is 5.95. The molecule has 3 nitrogen and oxygen atoms in total. The van der Waals surface area contributed by atoms with Crippen LogP contribution in [0.25, 0.3) is 11.3 Å². The van der Waals surface area contributed by atoms with Crippen molar-refractivity contribution in [2.75, 3.05) is 0 Å². The van der Waals surface area contributed by atoms with Crippen LogP contribution in [0.3, 0.4) is 0 Å². The Morgan fingerprint density at radius 3 is 2.39 bits per heavy atom. The second kappa shape index (κ2) is 7.01. The van der Waals surface area contributed by atoms with Crippen LogP contribution in [0.15, 0.2) is 54.7 Å². The highest BCUT2D eigenvalue weighted by Crippen LogP contribution is 2.25. The number of hydrogen-bond donors (Lipinski definition) is 0. The van der Waals surface area contributed by atoms with Gasteiger partial charge in [0.25, 0.3) is 5.82 Å². The Labute approximate surface area is 165 Å². The van der Waals surface area contributed by atoms with Gasteiger partial charge in [0.15, 0.2) is 12.2 Å². The highest BCUT2D eigenvalue weighted by atomic mass is 19.1. The maximum atomic E-state index is 13.3. The Balaban J connectivity index is 1.61. The second-order valence-electron chi connectivity index (χ2n) is 8.57. The first-order valence-electron chi connectivity index (χ1n) is 9.84. The molecule has 1 aliphatic heterocycles. The summed E-state index contributed by atoms with van der Waals surface area (Å²) in [6, 6.07) is 14.5. The fourth-order valence-corrected chi connectivity index (χ4v) is 3.90. The first-order chi connectivity index (χ1) is 13.3. The molecule has 0 radical (unpaired) electrons. The number of Topliss-reactive ketones (excluding diaryl/α,β-unsaturated/α-hetero) is 1. The average molecular weight is 377 g/mol. The fourth-order valence-electron chi connectivity index (χ4n) is 3.90. The molecule has 0 N–H and O–H groups in total. The lowest BCUT2D eigenvalue weighted by Crippen LogP contribution is -2.40. The molecule has 3 aromatic rings. The lowest BCUT2D eigenvalue weighted by molar-refractivity contribution is -0.689. The summed E-state index contributed by atoms with van der Waals surface area (Å²) in [6.07, 6.45) is 4.05. The van der Waals surface area contributed by atoms with E-state index in [1.165, 1.54) is 23.5 Å². The highest BCUT2D eigenvalue weighted by Gasteiger charge is 2.29. The third-order valence-corrected chi connectivity index (χ3v) is 5.52. The van der Waals surface area contributed by atoms with Crippen molar-refractivity contribution in [1.29, 1.82) is 0 Å². The summed E-state index contributed by atoms with van der Waals surface area (Å²) in [5.74, 6) is 1.04.